The van der Waals surface area contributed by atoms with Gasteiger partial charge in [0, 0.05) is 41.2 Å². The van der Waals surface area contributed by atoms with Crippen LogP contribution < -0.4 is 19.6 Å². The molecule has 7 nitrogen and oxygen atoms in total. The van der Waals surface area contributed by atoms with Crippen LogP contribution in [0.4, 0.5) is 0 Å². The number of benzene rings is 2. The van der Waals surface area contributed by atoms with Crippen LogP contribution in [-0.4, -0.2) is 40.3 Å². The predicted molar refractivity (Wildman–Crippen MR) is 146 cm³/mol. The van der Waals surface area contributed by atoms with Gasteiger partial charge in [0.05, 0.1) is 30.5 Å². The Balaban J connectivity index is 2.02. The second-order valence-corrected chi connectivity index (χ2v) is 9.59. The fourth-order valence-corrected chi connectivity index (χ4v) is 4.36. The number of carboxylic acids is 1. The number of alkyl halides is 1. The molecule has 0 aliphatic rings. The quantitative estimate of drug-likeness (QED) is 0.177. The first-order chi connectivity index (χ1) is 17.3. The van der Waals surface area contributed by atoms with E-state index in [-0.39, 0.29) is 11.7 Å². The van der Waals surface area contributed by atoms with Gasteiger partial charge in [-0.3, -0.25) is 4.79 Å². The fraction of sp³-hybridized carbons (Fsp3) is 0.429. The molecule has 8 heteroatoms. The summed E-state index contributed by atoms with van der Waals surface area (Å²) in [5.74, 6) is 0.512. The summed E-state index contributed by atoms with van der Waals surface area (Å²) in [7, 11) is 0. The highest BCUT2D eigenvalue weighted by Gasteiger charge is 2.17. The third kappa shape index (κ3) is 7.26. The first-order valence-electron chi connectivity index (χ1n) is 12.4. The van der Waals surface area contributed by atoms with Gasteiger partial charge < -0.3 is 23.9 Å². The van der Waals surface area contributed by atoms with Crippen LogP contribution in [0.15, 0.2) is 47.4 Å². The van der Waals surface area contributed by atoms with E-state index in [1.165, 1.54) is 25.5 Å². The van der Waals surface area contributed by atoms with Gasteiger partial charge in [0.25, 0.3) is 0 Å². The second-order valence-electron chi connectivity index (χ2n) is 8.79. The fourth-order valence-electron chi connectivity index (χ4n) is 3.96. The summed E-state index contributed by atoms with van der Waals surface area (Å²) < 4.78 is 19.3. The predicted octanol–water partition coefficient (Wildman–Crippen LogP) is 6.60. The Morgan fingerprint density at radius 2 is 1.69 bits per heavy atom. The summed E-state index contributed by atoms with van der Waals surface area (Å²) in [5, 5.41) is 11.0. The molecule has 1 heterocycles. The molecule has 3 rings (SSSR count). The van der Waals surface area contributed by atoms with Crippen LogP contribution in [0, 0.1) is 0 Å². The summed E-state index contributed by atoms with van der Waals surface area (Å²) in [6.45, 7) is 6.77. The zero-order valence-corrected chi connectivity index (χ0v) is 22.7. The monoisotopic (exact) mass is 559 g/mol. The number of halogens is 1. The average molecular weight is 560 g/mol. The Hall–Kier alpha value is -3.00. The average Bonchev–Trinajstić information content (AvgIpc) is 2.83. The lowest BCUT2D eigenvalue weighted by atomic mass is 10.1. The molecule has 0 saturated carbocycles. The molecule has 0 amide bonds. The molecule has 0 aliphatic carbocycles. The van der Waals surface area contributed by atoms with E-state index in [1.54, 1.807) is 41.0 Å². The zero-order valence-electron chi connectivity index (χ0n) is 21.1. The van der Waals surface area contributed by atoms with Gasteiger partial charge in [-0.1, -0.05) is 35.2 Å². The highest BCUT2D eigenvalue weighted by molar-refractivity contribution is 9.09. The van der Waals surface area contributed by atoms with Gasteiger partial charge in [-0.2, -0.15) is 0 Å². The van der Waals surface area contributed by atoms with E-state index < -0.39 is 11.4 Å². The number of unbranched alkanes of at least 4 members (excludes halogenated alkanes) is 4. The van der Waals surface area contributed by atoms with Crippen LogP contribution in [0.5, 0.6) is 17.2 Å². The number of hydrogen-bond donors (Lipinski definition) is 1. The first-order valence-corrected chi connectivity index (χ1v) is 13.5. The standard InChI is InChI=1S/C28H34BrNO6/c1-4-34-22-14-20(15-23(16-22)36-19(2)3)30-18-25(28(32)33)27(31)24-11-10-21(17-26(24)30)35-13-9-7-5-6-8-12-29/h10-11,14-19H,4-9,12-13H2,1-3H3,(H,32,33). The molecule has 3 aromatic rings. The molecule has 0 atom stereocenters. The molecule has 2 aromatic carbocycles. The van der Waals surface area contributed by atoms with Gasteiger partial charge in [-0.05, 0) is 45.7 Å². The van der Waals surface area contributed by atoms with E-state index in [1.807, 2.05) is 20.8 Å². The number of nitrogens with zero attached hydrogens (tertiary/aromatic N) is 1. The van der Waals surface area contributed by atoms with E-state index in [9.17, 15) is 14.7 Å². The van der Waals surface area contributed by atoms with Crippen LogP contribution in [0.3, 0.4) is 0 Å². The van der Waals surface area contributed by atoms with E-state index in [0.717, 1.165) is 18.2 Å². The van der Waals surface area contributed by atoms with Gasteiger partial charge >= 0.3 is 5.97 Å². The summed E-state index contributed by atoms with van der Waals surface area (Å²) >= 11 is 3.45. The van der Waals surface area contributed by atoms with E-state index in [4.69, 9.17) is 14.2 Å². The van der Waals surface area contributed by atoms with Crippen molar-refractivity contribution in [3.8, 4) is 22.9 Å². The van der Waals surface area contributed by atoms with Crippen molar-refractivity contribution in [1.29, 1.82) is 0 Å². The summed E-state index contributed by atoms with van der Waals surface area (Å²) in [6, 6.07) is 10.5. The van der Waals surface area contributed by atoms with Crippen molar-refractivity contribution in [2.75, 3.05) is 18.5 Å². The minimum Gasteiger partial charge on any atom is -0.494 e. The van der Waals surface area contributed by atoms with Gasteiger partial charge in [-0.25, -0.2) is 4.79 Å². The van der Waals surface area contributed by atoms with Crippen molar-refractivity contribution < 1.29 is 24.1 Å². The first kappa shape index (κ1) is 27.6. The third-order valence-corrected chi connectivity index (χ3v) is 6.14. The number of aromatic carboxylic acids is 1. The lowest BCUT2D eigenvalue weighted by Gasteiger charge is -2.18. The Labute approximate surface area is 220 Å². The molecule has 0 aliphatic heterocycles. The Morgan fingerprint density at radius 1 is 0.972 bits per heavy atom. The molecule has 1 aromatic heterocycles. The van der Waals surface area contributed by atoms with Crippen LogP contribution in [-0.2, 0) is 0 Å². The zero-order chi connectivity index (χ0) is 26.1. The highest BCUT2D eigenvalue weighted by Crippen LogP contribution is 2.29. The topological polar surface area (TPSA) is 87.0 Å². The third-order valence-electron chi connectivity index (χ3n) is 5.58. The largest absolute Gasteiger partial charge is 0.494 e. The van der Waals surface area contributed by atoms with E-state index in [2.05, 4.69) is 15.9 Å². The van der Waals surface area contributed by atoms with Crippen molar-refractivity contribution in [2.45, 2.75) is 59.0 Å². The van der Waals surface area contributed by atoms with Gasteiger partial charge in [0.15, 0.2) is 0 Å². The maximum Gasteiger partial charge on any atom is 0.341 e. The number of rotatable bonds is 14. The van der Waals surface area contributed by atoms with Crippen LogP contribution >= 0.6 is 15.9 Å². The maximum absolute atomic E-state index is 12.9. The van der Waals surface area contributed by atoms with Crippen molar-refractivity contribution >= 4 is 32.8 Å². The van der Waals surface area contributed by atoms with Crippen LogP contribution in [0.2, 0.25) is 0 Å². The molecule has 0 spiro atoms. The minimum absolute atomic E-state index is 0.0606. The molecule has 1 N–H and O–H groups in total. The molecular formula is C28H34BrNO6. The summed E-state index contributed by atoms with van der Waals surface area (Å²) in [4.78, 5) is 24.8. The van der Waals surface area contributed by atoms with Crippen molar-refractivity contribution in [3.63, 3.8) is 0 Å². The molecular weight excluding hydrogens is 526 g/mol. The van der Waals surface area contributed by atoms with Gasteiger partial charge in [-0.15, -0.1) is 0 Å². The van der Waals surface area contributed by atoms with E-state index in [0.29, 0.717) is 47.1 Å². The van der Waals surface area contributed by atoms with Crippen molar-refractivity contribution in [2.24, 2.45) is 0 Å². The normalized spacial score (nSPS) is 11.1. The number of pyridine rings is 1. The Kier molecular flexibility index (Phi) is 10.2. The maximum atomic E-state index is 12.9. The Morgan fingerprint density at radius 3 is 2.39 bits per heavy atom. The second kappa shape index (κ2) is 13.3. The van der Waals surface area contributed by atoms with E-state index >= 15 is 0 Å². The molecule has 36 heavy (non-hydrogen) atoms. The number of hydrogen-bond acceptors (Lipinski definition) is 5. The number of fused-ring (bicyclic) bond motifs is 1. The lowest BCUT2D eigenvalue weighted by Crippen LogP contribution is -2.18. The minimum atomic E-state index is -1.28. The SMILES string of the molecule is CCOc1cc(OC(C)C)cc(-n2cc(C(=O)O)c(=O)c3ccc(OCCCCCCCBr)cc32)c1. The number of aromatic nitrogens is 1. The molecule has 0 fully saturated rings. The van der Waals surface area contributed by atoms with Crippen molar-refractivity contribution in [3.05, 3.63) is 58.4 Å². The van der Waals surface area contributed by atoms with Gasteiger partial charge in [0.1, 0.15) is 22.8 Å². The highest BCUT2D eigenvalue weighted by atomic mass is 79.9. The molecule has 0 unspecified atom stereocenters. The smallest absolute Gasteiger partial charge is 0.341 e. The van der Waals surface area contributed by atoms with Gasteiger partial charge in [0.2, 0.25) is 5.43 Å². The van der Waals surface area contributed by atoms with Crippen molar-refractivity contribution in [1.82, 2.24) is 4.57 Å². The Bertz CT molecular complexity index is 1240. The lowest BCUT2D eigenvalue weighted by molar-refractivity contribution is 0.0695. The molecule has 0 radical (unpaired) electrons. The van der Waals surface area contributed by atoms with Crippen LogP contribution in [0.1, 0.15) is 63.2 Å². The molecule has 0 bridgehead atoms. The number of ether oxygens (including phenoxy) is 3. The van der Waals surface area contributed by atoms with Crippen LogP contribution in [0.25, 0.3) is 16.6 Å². The number of carboxylic acid groups (broad SMARTS) is 1. The molecule has 194 valence electrons. The summed E-state index contributed by atoms with van der Waals surface area (Å²) in [5.41, 5.74) is 0.316. The molecule has 0 saturated heterocycles. The number of carbonyl (C=O) groups is 1. The summed E-state index contributed by atoms with van der Waals surface area (Å²) in [6.07, 6.45) is 6.87.